The van der Waals surface area contributed by atoms with E-state index in [0.717, 1.165) is 43.7 Å². The number of nitrogens with zero attached hydrogens (tertiary/aromatic N) is 1. The van der Waals surface area contributed by atoms with Gasteiger partial charge in [0.15, 0.2) is 0 Å². The fourth-order valence-electron chi connectivity index (χ4n) is 3.85. The van der Waals surface area contributed by atoms with Crippen molar-refractivity contribution in [3.05, 3.63) is 29.8 Å². The van der Waals surface area contributed by atoms with Crippen molar-refractivity contribution in [2.75, 3.05) is 18.4 Å². The van der Waals surface area contributed by atoms with Gasteiger partial charge >= 0.3 is 6.03 Å². The summed E-state index contributed by atoms with van der Waals surface area (Å²) in [7, 11) is 0. The van der Waals surface area contributed by atoms with Crippen LogP contribution in [0, 0.1) is 0 Å². The van der Waals surface area contributed by atoms with Crippen molar-refractivity contribution in [1.29, 1.82) is 0 Å². The smallest absolute Gasteiger partial charge is 0.319 e. The molecule has 1 aromatic rings. The van der Waals surface area contributed by atoms with Crippen LogP contribution in [0.4, 0.5) is 10.5 Å². The second kappa shape index (κ2) is 7.99. The number of benzene rings is 1. The molecular weight excluding hydrogens is 302 g/mol. The second-order valence-corrected chi connectivity index (χ2v) is 7.19. The molecule has 2 aliphatic rings. The number of morpholine rings is 1. The lowest BCUT2D eigenvalue weighted by atomic mass is 10.1. The SMILES string of the molecule is C[C@@H]1CN(Cc2ccccc2NC(=O)NC2CCCC2)C[C@H](C)O1. The highest BCUT2D eigenvalue weighted by Crippen LogP contribution is 2.21. The number of carbonyl (C=O) groups is 1. The topological polar surface area (TPSA) is 53.6 Å². The summed E-state index contributed by atoms with van der Waals surface area (Å²) < 4.78 is 5.80. The van der Waals surface area contributed by atoms with Crippen LogP contribution in [-0.4, -0.2) is 42.3 Å². The van der Waals surface area contributed by atoms with Gasteiger partial charge in [0.05, 0.1) is 12.2 Å². The first-order valence-electron chi connectivity index (χ1n) is 9.13. The summed E-state index contributed by atoms with van der Waals surface area (Å²) in [5.41, 5.74) is 2.06. The van der Waals surface area contributed by atoms with Gasteiger partial charge in [0.1, 0.15) is 0 Å². The summed E-state index contributed by atoms with van der Waals surface area (Å²) in [5.74, 6) is 0. The largest absolute Gasteiger partial charge is 0.373 e. The highest BCUT2D eigenvalue weighted by Gasteiger charge is 2.23. The highest BCUT2D eigenvalue weighted by molar-refractivity contribution is 5.90. The minimum absolute atomic E-state index is 0.0851. The van der Waals surface area contributed by atoms with Gasteiger partial charge in [-0.1, -0.05) is 31.0 Å². The standard InChI is InChI=1S/C19H29N3O2/c1-14-11-22(12-15(2)24-14)13-16-7-3-6-10-18(16)21-19(23)20-17-8-4-5-9-17/h3,6-7,10,14-15,17H,4-5,8-9,11-13H2,1-2H3,(H2,20,21,23)/t14-,15+. The molecule has 2 atom stereocenters. The van der Waals surface area contributed by atoms with Crippen LogP contribution in [0.1, 0.15) is 45.1 Å². The van der Waals surface area contributed by atoms with Crippen LogP contribution >= 0.6 is 0 Å². The molecule has 1 saturated heterocycles. The minimum atomic E-state index is -0.0851. The Morgan fingerprint density at radius 3 is 2.54 bits per heavy atom. The van der Waals surface area contributed by atoms with E-state index in [1.165, 1.54) is 12.8 Å². The van der Waals surface area contributed by atoms with E-state index in [9.17, 15) is 4.79 Å². The van der Waals surface area contributed by atoms with Crippen molar-refractivity contribution in [2.24, 2.45) is 0 Å². The molecule has 2 amide bonds. The molecule has 1 heterocycles. The average Bonchev–Trinajstić information content (AvgIpc) is 3.01. The summed E-state index contributed by atoms with van der Waals surface area (Å²) in [5, 5.41) is 6.13. The molecule has 5 nitrogen and oxygen atoms in total. The number of nitrogens with one attached hydrogen (secondary N) is 2. The van der Waals surface area contributed by atoms with Gasteiger partial charge in [-0.2, -0.15) is 0 Å². The summed E-state index contributed by atoms with van der Waals surface area (Å²) in [6, 6.07) is 8.32. The molecule has 0 bridgehead atoms. The molecule has 24 heavy (non-hydrogen) atoms. The molecule has 1 aliphatic carbocycles. The van der Waals surface area contributed by atoms with E-state index in [2.05, 4.69) is 35.4 Å². The fraction of sp³-hybridized carbons (Fsp3) is 0.632. The molecule has 0 aromatic heterocycles. The van der Waals surface area contributed by atoms with Crippen LogP contribution in [0.25, 0.3) is 0 Å². The molecule has 0 radical (unpaired) electrons. The van der Waals surface area contributed by atoms with Gasteiger partial charge in [0.25, 0.3) is 0 Å². The molecule has 0 unspecified atom stereocenters. The Balaban J connectivity index is 1.61. The quantitative estimate of drug-likeness (QED) is 0.889. The molecule has 2 fully saturated rings. The number of amides is 2. The van der Waals surface area contributed by atoms with E-state index in [-0.39, 0.29) is 18.2 Å². The van der Waals surface area contributed by atoms with Gasteiger partial charge in [-0.05, 0) is 38.3 Å². The van der Waals surface area contributed by atoms with Crippen LogP contribution in [0.15, 0.2) is 24.3 Å². The summed E-state index contributed by atoms with van der Waals surface area (Å²) in [4.78, 5) is 14.7. The molecular formula is C19H29N3O2. The third-order valence-electron chi connectivity index (χ3n) is 4.85. The second-order valence-electron chi connectivity index (χ2n) is 7.19. The average molecular weight is 331 g/mol. The maximum absolute atomic E-state index is 12.3. The van der Waals surface area contributed by atoms with Crippen LogP contribution in [0.5, 0.6) is 0 Å². The Hall–Kier alpha value is -1.59. The molecule has 3 rings (SSSR count). The van der Waals surface area contributed by atoms with Gasteiger partial charge < -0.3 is 15.4 Å². The molecule has 1 saturated carbocycles. The number of ether oxygens (including phenoxy) is 1. The van der Waals surface area contributed by atoms with Crippen molar-refractivity contribution in [2.45, 2.75) is 64.3 Å². The molecule has 1 aromatic carbocycles. The van der Waals surface area contributed by atoms with Gasteiger partial charge in [-0.25, -0.2) is 4.79 Å². The van der Waals surface area contributed by atoms with E-state index < -0.39 is 0 Å². The van der Waals surface area contributed by atoms with E-state index in [4.69, 9.17) is 4.74 Å². The predicted molar refractivity (Wildman–Crippen MR) is 96.1 cm³/mol. The molecule has 5 heteroatoms. The number of carbonyl (C=O) groups excluding carboxylic acids is 1. The first-order chi connectivity index (χ1) is 11.6. The lowest BCUT2D eigenvalue weighted by Crippen LogP contribution is -2.45. The maximum Gasteiger partial charge on any atom is 0.319 e. The first kappa shape index (κ1) is 17.2. The van der Waals surface area contributed by atoms with Gasteiger partial charge in [-0.15, -0.1) is 0 Å². The number of rotatable bonds is 4. The highest BCUT2D eigenvalue weighted by atomic mass is 16.5. The number of para-hydroxylation sites is 1. The lowest BCUT2D eigenvalue weighted by molar-refractivity contribution is -0.0704. The maximum atomic E-state index is 12.3. The van der Waals surface area contributed by atoms with Crippen LogP contribution in [-0.2, 0) is 11.3 Å². The summed E-state index contributed by atoms with van der Waals surface area (Å²) in [6.07, 6.45) is 5.13. The molecule has 2 N–H and O–H groups in total. The van der Waals surface area contributed by atoms with Crippen LogP contribution < -0.4 is 10.6 Å². The number of urea groups is 1. The zero-order valence-electron chi connectivity index (χ0n) is 14.8. The fourth-order valence-corrected chi connectivity index (χ4v) is 3.85. The van der Waals surface area contributed by atoms with Crippen LogP contribution in [0.2, 0.25) is 0 Å². The van der Waals surface area contributed by atoms with E-state index in [0.29, 0.717) is 6.04 Å². The molecule has 132 valence electrons. The Morgan fingerprint density at radius 1 is 1.17 bits per heavy atom. The van der Waals surface area contributed by atoms with Crippen molar-refractivity contribution in [3.8, 4) is 0 Å². The normalized spacial score (nSPS) is 25.6. The molecule has 1 aliphatic heterocycles. The Kier molecular flexibility index (Phi) is 5.74. The van der Waals surface area contributed by atoms with E-state index in [1.54, 1.807) is 0 Å². The monoisotopic (exact) mass is 331 g/mol. The van der Waals surface area contributed by atoms with E-state index >= 15 is 0 Å². The zero-order chi connectivity index (χ0) is 16.9. The lowest BCUT2D eigenvalue weighted by Gasteiger charge is -2.35. The molecule has 0 spiro atoms. The van der Waals surface area contributed by atoms with Crippen molar-refractivity contribution in [3.63, 3.8) is 0 Å². The zero-order valence-corrected chi connectivity index (χ0v) is 14.8. The van der Waals surface area contributed by atoms with Gasteiger partial charge in [0, 0.05) is 31.4 Å². The Bertz CT molecular complexity index is 547. The predicted octanol–water partition coefficient (Wildman–Crippen LogP) is 3.36. The van der Waals surface area contributed by atoms with Crippen molar-refractivity contribution < 1.29 is 9.53 Å². The van der Waals surface area contributed by atoms with Crippen LogP contribution in [0.3, 0.4) is 0 Å². The number of anilines is 1. The Labute approximate surface area is 144 Å². The minimum Gasteiger partial charge on any atom is -0.373 e. The summed E-state index contributed by atoms with van der Waals surface area (Å²) in [6.45, 7) is 6.90. The Morgan fingerprint density at radius 2 is 1.83 bits per heavy atom. The summed E-state index contributed by atoms with van der Waals surface area (Å²) >= 11 is 0. The third-order valence-corrected chi connectivity index (χ3v) is 4.85. The van der Waals surface area contributed by atoms with Gasteiger partial charge in [-0.3, -0.25) is 4.90 Å². The van der Waals surface area contributed by atoms with Crippen molar-refractivity contribution in [1.82, 2.24) is 10.2 Å². The number of hydrogen-bond acceptors (Lipinski definition) is 3. The third kappa shape index (κ3) is 4.71. The van der Waals surface area contributed by atoms with E-state index in [1.807, 2.05) is 18.2 Å². The van der Waals surface area contributed by atoms with Crippen molar-refractivity contribution >= 4 is 11.7 Å². The number of hydrogen-bond donors (Lipinski definition) is 2. The first-order valence-corrected chi connectivity index (χ1v) is 9.13. The van der Waals surface area contributed by atoms with Gasteiger partial charge in [0.2, 0.25) is 0 Å².